The van der Waals surface area contributed by atoms with E-state index in [0.717, 1.165) is 37.9 Å². The van der Waals surface area contributed by atoms with Gasteiger partial charge in [-0.3, -0.25) is 28.1 Å². The normalized spacial score (nSPS) is 13.1. The number of benzene rings is 1. The fraction of sp³-hybridized carbons (Fsp3) is 0.346. The van der Waals surface area contributed by atoms with Gasteiger partial charge in [-0.2, -0.15) is 18.2 Å². The second kappa shape index (κ2) is 12.3. The summed E-state index contributed by atoms with van der Waals surface area (Å²) in [7, 11) is 2.76. The van der Waals surface area contributed by atoms with Crippen LogP contribution in [0.2, 0.25) is 0 Å². The molecule has 0 radical (unpaired) electrons. The number of hydrogen-bond acceptors (Lipinski definition) is 8. The van der Waals surface area contributed by atoms with E-state index in [9.17, 15) is 36.7 Å². The van der Waals surface area contributed by atoms with Crippen molar-refractivity contribution in [3.8, 4) is 11.3 Å². The summed E-state index contributed by atoms with van der Waals surface area (Å²) in [6.07, 6.45) is -4.92. The summed E-state index contributed by atoms with van der Waals surface area (Å²) >= 11 is 1.80. The van der Waals surface area contributed by atoms with E-state index in [0.29, 0.717) is 17.3 Å². The number of esters is 1. The van der Waals surface area contributed by atoms with Crippen LogP contribution in [0.3, 0.4) is 0 Å². The molecule has 1 unspecified atom stereocenters. The number of alkyl halides is 3. The van der Waals surface area contributed by atoms with Crippen molar-refractivity contribution in [1.29, 1.82) is 0 Å². The van der Waals surface area contributed by atoms with E-state index < -0.39 is 71.3 Å². The molecule has 0 saturated carbocycles. The first-order chi connectivity index (χ1) is 20.2. The Morgan fingerprint density at radius 2 is 1.79 bits per heavy atom. The van der Waals surface area contributed by atoms with Gasteiger partial charge >= 0.3 is 17.8 Å². The van der Waals surface area contributed by atoms with Crippen LogP contribution >= 0.6 is 22.7 Å². The van der Waals surface area contributed by atoms with E-state index in [2.05, 4.69) is 4.99 Å². The Balaban J connectivity index is 1.80. The highest BCUT2D eigenvalue weighted by atomic mass is 32.1. The molecule has 0 saturated heterocycles. The number of carbonyl (C=O) groups excluding carboxylic acids is 2. The number of carbonyl (C=O) groups is 2. The highest BCUT2D eigenvalue weighted by Gasteiger charge is 2.39. The molecule has 0 spiro atoms. The first-order valence-electron chi connectivity index (χ1n) is 12.6. The molecular formula is C26H24F5N5O5S2. The maximum atomic E-state index is 15.1. The molecule has 1 amide bonds. The van der Waals surface area contributed by atoms with E-state index in [1.165, 1.54) is 29.4 Å². The lowest BCUT2D eigenvalue weighted by molar-refractivity contribution is -0.149. The second-order valence-corrected chi connectivity index (χ2v) is 11.1. The molecule has 0 aliphatic rings. The molecule has 3 aromatic heterocycles. The molecule has 43 heavy (non-hydrogen) atoms. The van der Waals surface area contributed by atoms with E-state index in [-0.39, 0.29) is 27.9 Å². The lowest BCUT2D eigenvalue weighted by Crippen LogP contribution is -2.36. The lowest BCUT2D eigenvalue weighted by Gasteiger charge is -2.15. The number of fused-ring (bicyclic) bond motifs is 1. The monoisotopic (exact) mass is 645 g/mol. The summed E-state index contributed by atoms with van der Waals surface area (Å²) in [5, 5.41) is 2.84. The minimum Gasteiger partial charge on any atom is -0.443 e. The van der Waals surface area contributed by atoms with E-state index in [4.69, 9.17) is 10.5 Å². The number of nitrogens with two attached hydrogens (primary N) is 1. The van der Waals surface area contributed by atoms with Crippen molar-refractivity contribution in [1.82, 2.24) is 13.7 Å². The number of thiazole rings is 1. The summed E-state index contributed by atoms with van der Waals surface area (Å²) < 4.78 is 77.7. The molecule has 4 aromatic rings. The van der Waals surface area contributed by atoms with Crippen LogP contribution in [0, 0.1) is 11.6 Å². The van der Waals surface area contributed by atoms with Gasteiger partial charge in [0.1, 0.15) is 28.1 Å². The van der Waals surface area contributed by atoms with Gasteiger partial charge in [-0.05, 0) is 29.5 Å². The molecular weight excluding hydrogens is 621 g/mol. The number of thiophene rings is 1. The number of ether oxygens (including phenoxy) is 1. The van der Waals surface area contributed by atoms with Crippen LogP contribution in [0.15, 0.2) is 37.5 Å². The van der Waals surface area contributed by atoms with Crippen molar-refractivity contribution >= 4 is 44.8 Å². The molecule has 3 heterocycles. The zero-order chi connectivity index (χ0) is 31.8. The average molecular weight is 646 g/mol. The first kappa shape index (κ1) is 32.0. The SMILES string of the molecule is CCCC(N)C(=O)OCn1c(-c2ccc(F)c(C(F)(F)F)c2F)csc1=NC(=O)Cc1csc2c1c(=O)n(C)c(=O)n2C. The number of aromatic nitrogens is 3. The number of halogens is 5. The molecule has 1 aromatic carbocycles. The first-order valence-corrected chi connectivity index (χ1v) is 14.3. The number of nitrogens with zero attached hydrogens (tertiary/aromatic N) is 4. The Labute approximate surface area is 247 Å². The predicted molar refractivity (Wildman–Crippen MR) is 148 cm³/mol. The maximum absolute atomic E-state index is 15.1. The third-order valence-corrected chi connectivity index (χ3v) is 8.46. The maximum Gasteiger partial charge on any atom is 0.422 e. The molecule has 17 heteroatoms. The number of rotatable bonds is 8. The van der Waals surface area contributed by atoms with Gasteiger partial charge in [0.25, 0.3) is 11.5 Å². The largest absolute Gasteiger partial charge is 0.443 e. The minimum absolute atomic E-state index is 0.143. The lowest BCUT2D eigenvalue weighted by atomic mass is 10.1. The van der Waals surface area contributed by atoms with E-state index in [1.54, 1.807) is 6.92 Å². The van der Waals surface area contributed by atoms with Crippen molar-refractivity contribution in [3.63, 3.8) is 0 Å². The zero-order valence-corrected chi connectivity index (χ0v) is 24.5. The topological polar surface area (TPSA) is 131 Å². The fourth-order valence-electron chi connectivity index (χ4n) is 4.30. The van der Waals surface area contributed by atoms with Gasteiger partial charge in [-0.15, -0.1) is 22.7 Å². The van der Waals surface area contributed by atoms with Crippen LogP contribution in [-0.2, 0) is 47.7 Å². The average Bonchev–Trinajstić information content (AvgIpc) is 3.52. The summed E-state index contributed by atoms with van der Waals surface area (Å²) in [6, 6.07) is 0.218. The number of amides is 1. The molecule has 1 atom stereocenters. The van der Waals surface area contributed by atoms with Crippen LogP contribution in [0.5, 0.6) is 0 Å². The van der Waals surface area contributed by atoms with Crippen LogP contribution in [0.1, 0.15) is 30.9 Å². The molecule has 0 aliphatic heterocycles. The molecule has 4 rings (SSSR count). The highest BCUT2D eigenvalue weighted by Crippen LogP contribution is 2.37. The van der Waals surface area contributed by atoms with Crippen LogP contribution in [0.4, 0.5) is 22.0 Å². The van der Waals surface area contributed by atoms with Gasteiger partial charge in [0.05, 0.1) is 17.5 Å². The van der Waals surface area contributed by atoms with Crippen molar-refractivity contribution in [2.45, 2.75) is 45.1 Å². The predicted octanol–water partition coefficient (Wildman–Crippen LogP) is 3.42. The van der Waals surface area contributed by atoms with Gasteiger partial charge in [-0.25, -0.2) is 13.6 Å². The molecule has 2 N–H and O–H groups in total. The van der Waals surface area contributed by atoms with Crippen molar-refractivity contribution in [2.24, 2.45) is 24.8 Å². The molecule has 10 nitrogen and oxygen atoms in total. The summed E-state index contributed by atoms with van der Waals surface area (Å²) in [5.74, 6) is -5.38. The fourth-order valence-corrected chi connectivity index (χ4v) is 6.23. The van der Waals surface area contributed by atoms with Gasteiger partial charge in [0.2, 0.25) is 0 Å². The molecule has 0 fully saturated rings. The summed E-state index contributed by atoms with van der Waals surface area (Å²) in [4.78, 5) is 54.5. The van der Waals surface area contributed by atoms with E-state index >= 15 is 4.39 Å². The van der Waals surface area contributed by atoms with Gasteiger partial charge in [0, 0.05) is 25.0 Å². The van der Waals surface area contributed by atoms with Gasteiger partial charge in [-0.1, -0.05) is 13.3 Å². The van der Waals surface area contributed by atoms with Crippen LogP contribution in [-0.4, -0.2) is 31.6 Å². The molecule has 230 valence electrons. The standard InChI is InChI=1S/C26H24F5N5O5S2/c1-4-5-15(32)23(39)41-11-36-16(13-6-7-14(27)19(20(13)28)26(29,30)31)10-43-24(36)33-17(37)8-12-9-42-22-18(12)21(38)34(2)25(40)35(22)3/h6-7,9-10,15H,4-5,8,11,32H2,1-3H3. The third kappa shape index (κ3) is 6.23. The van der Waals surface area contributed by atoms with Crippen LogP contribution < -0.4 is 21.8 Å². The Morgan fingerprint density at radius 3 is 2.44 bits per heavy atom. The second-order valence-electron chi connectivity index (χ2n) is 9.43. The molecule has 0 aliphatic carbocycles. The summed E-state index contributed by atoms with van der Waals surface area (Å²) in [6.45, 7) is 1.08. The number of hydrogen-bond donors (Lipinski definition) is 1. The smallest absolute Gasteiger partial charge is 0.422 e. The van der Waals surface area contributed by atoms with E-state index in [1.807, 2.05) is 0 Å². The van der Waals surface area contributed by atoms with Crippen molar-refractivity contribution in [2.75, 3.05) is 0 Å². The summed E-state index contributed by atoms with van der Waals surface area (Å²) in [5.41, 5.74) is 1.82. The Morgan fingerprint density at radius 1 is 1.09 bits per heavy atom. The Hall–Kier alpha value is -3.96. The van der Waals surface area contributed by atoms with Crippen molar-refractivity contribution < 1.29 is 36.3 Å². The molecule has 0 bridgehead atoms. The Bertz CT molecular complexity index is 1920. The highest BCUT2D eigenvalue weighted by molar-refractivity contribution is 7.17. The zero-order valence-electron chi connectivity index (χ0n) is 22.8. The Kier molecular flexibility index (Phi) is 9.17. The van der Waals surface area contributed by atoms with Gasteiger partial charge < -0.3 is 10.5 Å². The third-order valence-electron chi connectivity index (χ3n) is 6.49. The van der Waals surface area contributed by atoms with Crippen molar-refractivity contribution in [3.05, 3.63) is 71.3 Å². The quantitative estimate of drug-likeness (QED) is 0.231. The number of aryl methyl sites for hydroxylation is 1. The van der Waals surface area contributed by atoms with Crippen LogP contribution in [0.25, 0.3) is 21.5 Å². The minimum atomic E-state index is -5.35. The van der Waals surface area contributed by atoms with Gasteiger partial charge in [0.15, 0.2) is 11.5 Å².